The molecule has 30 heavy (non-hydrogen) atoms. The van der Waals surface area contributed by atoms with Crippen LogP contribution in [0.4, 0.5) is 10.5 Å². The third-order valence-corrected chi connectivity index (χ3v) is 5.43. The summed E-state index contributed by atoms with van der Waals surface area (Å²) < 4.78 is 0. The van der Waals surface area contributed by atoms with Gasteiger partial charge < -0.3 is 9.80 Å². The smallest absolute Gasteiger partial charge is 0.324 e. The predicted molar refractivity (Wildman–Crippen MR) is 117 cm³/mol. The van der Waals surface area contributed by atoms with E-state index in [-0.39, 0.29) is 11.9 Å². The van der Waals surface area contributed by atoms with E-state index in [9.17, 15) is 14.4 Å². The lowest BCUT2D eigenvalue weighted by atomic mass is 10.1. The first-order valence-corrected chi connectivity index (χ1v) is 10.2. The number of hydrogen-bond donors (Lipinski definition) is 2. The molecule has 1 fully saturated rings. The Kier molecular flexibility index (Phi) is 7.03. The highest BCUT2D eigenvalue weighted by Crippen LogP contribution is 2.20. The first-order chi connectivity index (χ1) is 14.4. The van der Waals surface area contributed by atoms with Crippen molar-refractivity contribution < 1.29 is 19.6 Å². The van der Waals surface area contributed by atoms with Crippen molar-refractivity contribution in [3.05, 3.63) is 59.7 Å². The summed E-state index contributed by atoms with van der Waals surface area (Å²) in [4.78, 5) is 41.6. The average Bonchev–Trinajstić information content (AvgIpc) is 2.77. The zero-order valence-electron chi connectivity index (χ0n) is 16.7. The van der Waals surface area contributed by atoms with Crippen LogP contribution in [0.2, 0.25) is 0 Å². The summed E-state index contributed by atoms with van der Waals surface area (Å²) in [6.45, 7) is 3.85. The van der Waals surface area contributed by atoms with Crippen molar-refractivity contribution in [3.63, 3.8) is 0 Å². The van der Waals surface area contributed by atoms with Gasteiger partial charge in [-0.15, -0.1) is 9.24 Å². The van der Waals surface area contributed by atoms with Gasteiger partial charge in [-0.1, -0.05) is 24.3 Å². The number of amides is 4. The van der Waals surface area contributed by atoms with Gasteiger partial charge in [-0.05, 0) is 35.1 Å². The molecule has 2 aromatic rings. The number of hydrogen-bond acceptors (Lipinski definition) is 4. The van der Waals surface area contributed by atoms with Crippen molar-refractivity contribution >= 4 is 38.1 Å². The fourth-order valence-electron chi connectivity index (χ4n) is 3.35. The van der Waals surface area contributed by atoms with E-state index in [1.807, 2.05) is 24.3 Å². The van der Waals surface area contributed by atoms with Crippen LogP contribution in [0.25, 0.3) is 0 Å². The van der Waals surface area contributed by atoms with Gasteiger partial charge in [-0.3, -0.25) is 19.7 Å². The van der Waals surface area contributed by atoms with Crippen LogP contribution in [0.5, 0.6) is 0 Å². The monoisotopic (exact) mass is 428 g/mol. The molecule has 0 bridgehead atoms. The molecule has 0 aromatic heterocycles. The molecule has 0 spiro atoms. The van der Waals surface area contributed by atoms with Crippen molar-refractivity contribution in [1.29, 1.82) is 0 Å². The van der Waals surface area contributed by atoms with Gasteiger partial charge >= 0.3 is 6.03 Å². The number of urea groups is 1. The Labute approximate surface area is 177 Å². The van der Waals surface area contributed by atoms with Crippen molar-refractivity contribution in [3.8, 4) is 0 Å². The Balaban J connectivity index is 1.81. The van der Waals surface area contributed by atoms with Crippen molar-refractivity contribution in [2.24, 2.45) is 0 Å². The fourth-order valence-corrected chi connectivity index (χ4v) is 3.64. The van der Waals surface area contributed by atoms with Crippen molar-refractivity contribution in [2.75, 3.05) is 31.1 Å². The van der Waals surface area contributed by atoms with Gasteiger partial charge in [0.05, 0.1) is 6.54 Å². The maximum atomic E-state index is 13.4. The molecule has 2 N–H and O–H groups in total. The minimum Gasteiger partial charge on any atom is -0.339 e. The van der Waals surface area contributed by atoms with E-state index >= 15 is 0 Å². The summed E-state index contributed by atoms with van der Waals surface area (Å²) in [5, 5.41) is 9.72. The third-order valence-electron chi connectivity index (χ3n) is 5.07. The van der Waals surface area contributed by atoms with Gasteiger partial charge in [-0.2, -0.15) is 0 Å². The Morgan fingerprint density at radius 1 is 1.03 bits per heavy atom. The van der Waals surface area contributed by atoms with E-state index in [1.165, 1.54) is 6.92 Å². The molecule has 0 aliphatic carbocycles. The van der Waals surface area contributed by atoms with Gasteiger partial charge in [0.1, 0.15) is 0 Å². The molecule has 0 radical (unpaired) electrons. The molecule has 9 heteroatoms. The average molecular weight is 428 g/mol. The van der Waals surface area contributed by atoms with E-state index < -0.39 is 5.91 Å². The number of carbonyl (C=O) groups excluding carboxylic acids is 3. The first kappa shape index (κ1) is 21.7. The van der Waals surface area contributed by atoms with Gasteiger partial charge in [0.25, 0.3) is 5.91 Å². The Morgan fingerprint density at radius 2 is 1.67 bits per heavy atom. The van der Waals surface area contributed by atoms with Crippen molar-refractivity contribution in [2.45, 2.75) is 13.5 Å². The Bertz CT molecular complexity index is 927. The normalized spacial score (nSPS) is 13.7. The predicted octanol–water partition coefficient (Wildman–Crippen LogP) is 1.60. The minimum absolute atomic E-state index is 0.0154. The molecule has 1 saturated heterocycles. The van der Waals surface area contributed by atoms with Crippen LogP contribution in [0.15, 0.2) is 48.5 Å². The van der Waals surface area contributed by atoms with Crippen LogP contribution >= 0.6 is 9.24 Å². The van der Waals surface area contributed by atoms with Crippen LogP contribution < -0.4 is 15.7 Å². The first-order valence-electron chi connectivity index (χ1n) is 9.60. The zero-order chi connectivity index (χ0) is 21.7. The van der Waals surface area contributed by atoms with Crippen LogP contribution in [-0.2, 0) is 11.3 Å². The summed E-state index contributed by atoms with van der Waals surface area (Å²) in [6, 6.07) is 14.2. The molecular formula is C21H25N4O4P. The van der Waals surface area contributed by atoms with Gasteiger partial charge in [0.15, 0.2) is 0 Å². The zero-order valence-corrected chi connectivity index (χ0v) is 17.9. The highest BCUT2D eigenvalue weighted by molar-refractivity contribution is 7.27. The molecule has 1 unspecified atom stereocenters. The molecule has 1 heterocycles. The summed E-state index contributed by atoms with van der Waals surface area (Å²) in [5.41, 5.74) is 3.54. The molecule has 1 aliphatic rings. The summed E-state index contributed by atoms with van der Waals surface area (Å²) in [6.07, 6.45) is 0. The molecule has 4 amide bonds. The molecular weight excluding hydrogens is 403 g/mol. The highest BCUT2D eigenvalue weighted by Gasteiger charge is 2.27. The second-order valence-corrected chi connectivity index (χ2v) is 7.76. The highest BCUT2D eigenvalue weighted by atomic mass is 31.0. The van der Waals surface area contributed by atoms with Crippen LogP contribution in [-0.4, -0.2) is 59.0 Å². The van der Waals surface area contributed by atoms with Gasteiger partial charge in [-0.25, -0.2) is 10.3 Å². The fraction of sp³-hybridized carbons (Fsp3) is 0.286. The summed E-state index contributed by atoms with van der Waals surface area (Å²) in [5.74, 6) is -0.574. The van der Waals surface area contributed by atoms with Crippen molar-refractivity contribution in [1.82, 2.24) is 15.3 Å². The Morgan fingerprint density at radius 3 is 2.23 bits per heavy atom. The number of hydroxylamine groups is 1. The summed E-state index contributed by atoms with van der Waals surface area (Å²) in [7, 11) is 2.63. The molecule has 158 valence electrons. The second kappa shape index (κ2) is 9.69. The molecule has 1 atom stereocenters. The topological polar surface area (TPSA) is 93.2 Å². The number of nitrogens with zero attached hydrogens (tertiary/aromatic N) is 3. The number of benzene rings is 2. The number of nitrogens with one attached hydrogen (secondary N) is 1. The molecule has 3 rings (SSSR count). The standard InChI is InChI=1S/C21H25N4O4P/c1-15(26)23-9-11-24(12-10-23)21(28)25(18-3-2-4-19(30)13-18)14-16-5-7-17(8-6-16)20(27)22-29/h2-8,13,29H,9-12,14,30H2,1H3,(H,22,27). The number of carbonyl (C=O) groups is 3. The van der Waals surface area contributed by atoms with Gasteiger partial charge in [0.2, 0.25) is 5.91 Å². The van der Waals surface area contributed by atoms with E-state index in [1.54, 1.807) is 44.4 Å². The minimum atomic E-state index is -0.589. The lowest BCUT2D eigenvalue weighted by Gasteiger charge is -2.37. The SMILES string of the molecule is CC(=O)N1CCN(C(=O)N(Cc2ccc(C(=O)NO)cc2)c2cccc(P)c2)CC1. The maximum absolute atomic E-state index is 13.4. The number of rotatable bonds is 4. The quantitative estimate of drug-likeness (QED) is 0.440. The van der Waals surface area contributed by atoms with Crippen LogP contribution in [0, 0.1) is 0 Å². The van der Waals surface area contributed by atoms with Crippen LogP contribution in [0.1, 0.15) is 22.8 Å². The Hall–Kier alpha value is -2.96. The second-order valence-electron chi connectivity index (χ2n) is 7.09. The summed E-state index contributed by atoms with van der Waals surface area (Å²) >= 11 is 0. The van der Waals surface area contributed by atoms with Crippen LogP contribution in [0.3, 0.4) is 0 Å². The molecule has 1 aliphatic heterocycles. The molecule has 8 nitrogen and oxygen atoms in total. The van der Waals surface area contributed by atoms with E-state index in [2.05, 4.69) is 9.24 Å². The van der Waals surface area contributed by atoms with Gasteiger partial charge in [0, 0.05) is 44.4 Å². The third kappa shape index (κ3) is 5.14. The molecule has 0 saturated carbocycles. The number of anilines is 1. The largest absolute Gasteiger partial charge is 0.339 e. The maximum Gasteiger partial charge on any atom is 0.324 e. The van der Waals surface area contributed by atoms with E-state index in [0.717, 1.165) is 16.6 Å². The molecule has 2 aromatic carbocycles. The lowest BCUT2D eigenvalue weighted by Crippen LogP contribution is -2.53. The van der Waals surface area contributed by atoms with E-state index in [0.29, 0.717) is 38.3 Å². The number of piperazine rings is 1. The lowest BCUT2D eigenvalue weighted by molar-refractivity contribution is -0.130. The van der Waals surface area contributed by atoms with E-state index in [4.69, 9.17) is 5.21 Å².